The van der Waals surface area contributed by atoms with Crippen LogP contribution in [0.25, 0.3) is 0 Å². The van der Waals surface area contributed by atoms with E-state index in [0.717, 1.165) is 5.56 Å². The van der Waals surface area contributed by atoms with Crippen LogP contribution in [0.2, 0.25) is 0 Å². The molecule has 0 N–H and O–H groups in total. The molecule has 1 aliphatic rings. The van der Waals surface area contributed by atoms with Crippen LogP contribution < -0.4 is 0 Å². The van der Waals surface area contributed by atoms with Crippen molar-refractivity contribution < 1.29 is 4.79 Å². The monoisotopic (exact) mass is 148 g/mol. The third kappa shape index (κ3) is 1.32. The zero-order valence-electron chi connectivity index (χ0n) is 6.92. The highest BCUT2D eigenvalue weighted by molar-refractivity contribution is 6.06. The first-order chi connectivity index (χ1) is 5.38. The Bertz CT molecular complexity index is 263. The lowest BCUT2D eigenvalue weighted by atomic mass is 9.88. The summed E-state index contributed by atoms with van der Waals surface area (Å²) in [5, 5.41) is 0. The average molecular weight is 148 g/mol. The largest absolute Gasteiger partial charge is 0.294 e. The Morgan fingerprint density at radius 2 is 1.82 bits per heavy atom. The van der Waals surface area contributed by atoms with E-state index >= 15 is 0 Å². The minimum atomic E-state index is 0.283. The van der Waals surface area contributed by atoms with Crippen LogP contribution in [0.15, 0.2) is 24.3 Å². The summed E-state index contributed by atoms with van der Waals surface area (Å²) in [5.41, 5.74) is 2.11. The van der Waals surface area contributed by atoms with Crippen molar-refractivity contribution >= 4 is 5.78 Å². The summed E-state index contributed by atoms with van der Waals surface area (Å²) >= 11 is 0. The van der Waals surface area contributed by atoms with Crippen molar-refractivity contribution in [3.05, 3.63) is 35.4 Å². The molecule has 1 aromatic rings. The van der Waals surface area contributed by atoms with Crippen LogP contribution in [-0.4, -0.2) is 5.78 Å². The van der Waals surface area contributed by atoms with Gasteiger partial charge in [0.25, 0.3) is 0 Å². The first kappa shape index (κ1) is 7.99. The van der Waals surface area contributed by atoms with Gasteiger partial charge in [0, 0.05) is 12.0 Å². The van der Waals surface area contributed by atoms with Crippen LogP contribution in [0.5, 0.6) is 0 Å². The number of carbonyl (C=O) groups excluding carboxylic acids is 1. The predicted octanol–water partition coefficient (Wildman–Crippen LogP) is 2.45. The number of ketones is 1. The Morgan fingerprint density at radius 1 is 1.18 bits per heavy atom. The Labute approximate surface area is 67.1 Å². The summed E-state index contributed by atoms with van der Waals surface area (Å²) in [5.74, 6) is 0.283. The van der Waals surface area contributed by atoms with E-state index < -0.39 is 0 Å². The fourth-order valence-corrected chi connectivity index (χ4v) is 1.11. The maximum atomic E-state index is 10.7. The van der Waals surface area contributed by atoms with E-state index in [2.05, 4.69) is 0 Å². The van der Waals surface area contributed by atoms with Gasteiger partial charge in [0.15, 0.2) is 5.78 Å². The predicted molar refractivity (Wildman–Crippen MR) is 45.8 cm³/mol. The van der Waals surface area contributed by atoms with Crippen LogP contribution in [0.1, 0.15) is 29.8 Å². The minimum Gasteiger partial charge on any atom is -0.294 e. The van der Waals surface area contributed by atoms with Crippen molar-refractivity contribution in [2.75, 3.05) is 0 Å². The summed E-state index contributed by atoms with van der Waals surface area (Å²) in [4.78, 5) is 10.7. The van der Waals surface area contributed by atoms with E-state index in [1.165, 1.54) is 5.56 Å². The molecular weight excluding hydrogens is 136 g/mol. The van der Waals surface area contributed by atoms with Gasteiger partial charge in [-0.2, -0.15) is 0 Å². The molecule has 1 aromatic carbocycles. The fraction of sp³-hybridized carbons (Fsp3) is 0.300. The fourth-order valence-electron chi connectivity index (χ4n) is 1.11. The van der Waals surface area contributed by atoms with Crippen molar-refractivity contribution in [3.8, 4) is 0 Å². The van der Waals surface area contributed by atoms with Gasteiger partial charge in [-0.1, -0.05) is 38.1 Å². The van der Waals surface area contributed by atoms with Crippen LogP contribution in [0.4, 0.5) is 0 Å². The van der Waals surface area contributed by atoms with E-state index in [9.17, 15) is 4.79 Å². The van der Waals surface area contributed by atoms with E-state index in [4.69, 9.17) is 0 Å². The second-order valence-electron chi connectivity index (χ2n) is 2.26. The molecule has 0 unspecified atom stereocenters. The van der Waals surface area contributed by atoms with Crippen molar-refractivity contribution in [3.63, 3.8) is 0 Å². The van der Waals surface area contributed by atoms with Crippen LogP contribution in [0.3, 0.4) is 0 Å². The van der Waals surface area contributed by atoms with Crippen LogP contribution in [-0.2, 0) is 6.42 Å². The van der Waals surface area contributed by atoms with Crippen molar-refractivity contribution in [1.82, 2.24) is 0 Å². The van der Waals surface area contributed by atoms with E-state index in [1.54, 1.807) is 0 Å². The maximum Gasteiger partial charge on any atom is 0.167 e. The number of carbonyl (C=O) groups is 1. The third-order valence-electron chi connectivity index (χ3n) is 1.67. The van der Waals surface area contributed by atoms with Crippen molar-refractivity contribution in [1.29, 1.82) is 0 Å². The number of hydrogen-bond acceptors (Lipinski definition) is 1. The molecule has 1 aliphatic carbocycles. The summed E-state index contributed by atoms with van der Waals surface area (Å²) in [6.45, 7) is 4.00. The minimum absolute atomic E-state index is 0.283. The maximum absolute atomic E-state index is 10.7. The molecule has 0 amide bonds. The second-order valence-corrected chi connectivity index (χ2v) is 2.26. The molecule has 0 saturated heterocycles. The van der Waals surface area contributed by atoms with Gasteiger partial charge in [-0.3, -0.25) is 4.79 Å². The van der Waals surface area contributed by atoms with Crippen molar-refractivity contribution in [2.24, 2.45) is 0 Å². The summed E-state index contributed by atoms with van der Waals surface area (Å²) in [6.07, 6.45) is 0.649. The molecule has 0 radical (unpaired) electrons. The van der Waals surface area contributed by atoms with Crippen LogP contribution >= 0.6 is 0 Å². The van der Waals surface area contributed by atoms with E-state index in [-0.39, 0.29) is 5.78 Å². The first-order valence-corrected chi connectivity index (χ1v) is 3.99. The zero-order valence-corrected chi connectivity index (χ0v) is 6.92. The lowest BCUT2D eigenvalue weighted by Gasteiger charge is -2.14. The number of benzene rings is 1. The normalized spacial score (nSPS) is 12.4. The number of fused-ring (bicyclic) bond motifs is 1. The van der Waals surface area contributed by atoms with Gasteiger partial charge in [0.2, 0.25) is 0 Å². The molecule has 0 heterocycles. The standard InChI is InChI=1S/C8H6O.C2H6/c9-8-5-6-3-1-2-4-7(6)8;1-2/h1-4H,5H2;1-2H3. The van der Waals surface area contributed by atoms with Gasteiger partial charge in [-0.15, -0.1) is 0 Å². The van der Waals surface area contributed by atoms with Crippen molar-refractivity contribution in [2.45, 2.75) is 20.3 Å². The number of rotatable bonds is 0. The Balaban J connectivity index is 0.000000281. The molecular formula is C10H12O. The Morgan fingerprint density at radius 3 is 2.27 bits per heavy atom. The van der Waals surface area contributed by atoms with Gasteiger partial charge in [-0.25, -0.2) is 0 Å². The summed E-state index contributed by atoms with van der Waals surface area (Å²) < 4.78 is 0. The average Bonchev–Trinajstić information content (AvgIpc) is 2.07. The SMILES string of the molecule is CC.O=C1Cc2ccccc21. The quantitative estimate of drug-likeness (QED) is 0.552. The zero-order chi connectivity index (χ0) is 8.27. The van der Waals surface area contributed by atoms with Gasteiger partial charge in [0.05, 0.1) is 0 Å². The van der Waals surface area contributed by atoms with Crippen LogP contribution in [0, 0.1) is 0 Å². The number of hydrogen-bond donors (Lipinski definition) is 0. The molecule has 11 heavy (non-hydrogen) atoms. The molecule has 0 saturated carbocycles. The molecule has 0 aliphatic heterocycles. The third-order valence-corrected chi connectivity index (χ3v) is 1.67. The molecule has 2 rings (SSSR count). The number of Topliss-reactive ketones (excluding diaryl/α,β-unsaturated/α-hetero) is 1. The molecule has 58 valence electrons. The van der Waals surface area contributed by atoms with Gasteiger partial charge in [0.1, 0.15) is 0 Å². The topological polar surface area (TPSA) is 17.1 Å². The van der Waals surface area contributed by atoms with E-state index in [0.29, 0.717) is 6.42 Å². The summed E-state index contributed by atoms with van der Waals surface area (Å²) in [7, 11) is 0. The first-order valence-electron chi connectivity index (χ1n) is 3.99. The van der Waals surface area contributed by atoms with Gasteiger partial charge < -0.3 is 0 Å². The molecule has 0 aromatic heterocycles. The highest BCUT2D eigenvalue weighted by atomic mass is 16.1. The summed E-state index contributed by atoms with van der Waals surface area (Å²) in [6, 6.07) is 7.74. The highest BCUT2D eigenvalue weighted by Crippen LogP contribution is 2.20. The Hall–Kier alpha value is -1.11. The molecule has 0 atom stereocenters. The van der Waals surface area contributed by atoms with Gasteiger partial charge in [-0.05, 0) is 5.56 Å². The Kier molecular flexibility index (Phi) is 2.42. The molecule has 0 bridgehead atoms. The smallest absolute Gasteiger partial charge is 0.167 e. The molecule has 1 nitrogen and oxygen atoms in total. The lowest BCUT2D eigenvalue weighted by molar-refractivity contribution is 0.0968. The highest BCUT2D eigenvalue weighted by Gasteiger charge is 2.20. The van der Waals surface area contributed by atoms with E-state index in [1.807, 2.05) is 38.1 Å². The molecule has 1 heteroatoms. The molecule has 0 spiro atoms. The molecule has 0 fully saturated rings. The second kappa shape index (κ2) is 3.33. The lowest BCUT2D eigenvalue weighted by Crippen LogP contribution is -2.17. The van der Waals surface area contributed by atoms with Gasteiger partial charge >= 0.3 is 0 Å².